The highest BCUT2D eigenvalue weighted by atomic mass is 19.1. The van der Waals surface area contributed by atoms with E-state index in [1.165, 1.54) is 12.5 Å². The monoisotopic (exact) mass is 459 g/mol. The van der Waals surface area contributed by atoms with Gasteiger partial charge in [-0.2, -0.15) is 0 Å². The lowest BCUT2D eigenvalue weighted by molar-refractivity contribution is -0.137. The van der Waals surface area contributed by atoms with Crippen LogP contribution in [-0.2, 0) is 15.0 Å². The summed E-state index contributed by atoms with van der Waals surface area (Å²) in [5, 5.41) is 3.19. The fraction of sp³-hybridized carbons (Fsp3) is 0.704. The van der Waals surface area contributed by atoms with Gasteiger partial charge in [-0.05, 0) is 99.2 Å². The molecule has 1 aliphatic carbocycles. The van der Waals surface area contributed by atoms with E-state index in [1.807, 2.05) is 13.0 Å². The molecular formula is C27H42FN3O2. The lowest BCUT2D eigenvalue weighted by Gasteiger charge is -2.47. The zero-order valence-electron chi connectivity index (χ0n) is 20.8. The predicted octanol–water partition coefficient (Wildman–Crippen LogP) is 4.80. The van der Waals surface area contributed by atoms with E-state index in [4.69, 9.17) is 0 Å². The molecule has 0 bridgehead atoms. The third kappa shape index (κ3) is 5.26. The second-order valence-electron chi connectivity index (χ2n) is 11.6. The average molecular weight is 460 g/mol. The molecule has 5 nitrogen and oxygen atoms in total. The lowest BCUT2D eigenvalue weighted by Crippen LogP contribution is -2.49. The first-order chi connectivity index (χ1) is 15.6. The Morgan fingerprint density at radius 2 is 1.97 bits per heavy atom. The number of nitrogens with one attached hydrogen (secondary N) is 1. The number of rotatable bonds is 5. The third-order valence-corrected chi connectivity index (χ3v) is 8.14. The van der Waals surface area contributed by atoms with Gasteiger partial charge in [0.15, 0.2) is 0 Å². The molecule has 3 aliphatic rings. The van der Waals surface area contributed by atoms with Crippen LogP contribution >= 0.6 is 0 Å². The molecule has 2 aliphatic heterocycles. The molecule has 4 rings (SSSR count). The first-order valence-electron chi connectivity index (χ1n) is 12.7. The van der Waals surface area contributed by atoms with Crippen LogP contribution in [0.1, 0.15) is 91.2 Å². The molecule has 6 heteroatoms. The zero-order valence-corrected chi connectivity index (χ0v) is 20.8. The molecule has 0 radical (unpaired) electrons. The van der Waals surface area contributed by atoms with E-state index in [1.54, 1.807) is 11.0 Å². The van der Waals surface area contributed by atoms with E-state index in [-0.39, 0.29) is 30.5 Å². The fourth-order valence-corrected chi connectivity index (χ4v) is 5.88. The fourth-order valence-electron chi connectivity index (χ4n) is 5.88. The van der Waals surface area contributed by atoms with Gasteiger partial charge in [-0.1, -0.05) is 26.8 Å². The Morgan fingerprint density at radius 1 is 1.24 bits per heavy atom. The highest BCUT2D eigenvalue weighted by Gasteiger charge is 2.43. The largest absolute Gasteiger partial charge is 0.348 e. The summed E-state index contributed by atoms with van der Waals surface area (Å²) in [7, 11) is 0. The normalized spacial score (nSPS) is 24.1. The van der Waals surface area contributed by atoms with Crippen molar-refractivity contribution in [1.82, 2.24) is 15.1 Å². The van der Waals surface area contributed by atoms with Crippen molar-refractivity contribution in [2.75, 3.05) is 26.2 Å². The van der Waals surface area contributed by atoms with Crippen molar-refractivity contribution in [2.45, 2.75) is 90.1 Å². The van der Waals surface area contributed by atoms with Crippen LogP contribution < -0.4 is 5.32 Å². The van der Waals surface area contributed by atoms with Gasteiger partial charge >= 0.3 is 0 Å². The quantitative estimate of drug-likeness (QED) is 0.688. The Kier molecular flexibility index (Phi) is 6.86. The second kappa shape index (κ2) is 9.36. The average Bonchev–Trinajstić information content (AvgIpc) is 3.20. The van der Waals surface area contributed by atoms with Crippen LogP contribution in [0.5, 0.6) is 0 Å². The standard InChI is InChI=1S/C27H40FN3O2.H2/c1-19(31-14-5-6-24(31)32)25(33)29-23-9-10-27(22-18-20(28)7-8-21(22)23)12-16-30(17-13-27)15-11-26(2,3)4;/h7-8,18-19,23H,5-6,9-17H2,1-4H3,(H,29,33);1H/t19-,23+;/m0./s1. The van der Waals surface area contributed by atoms with Gasteiger partial charge in [0.2, 0.25) is 11.8 Å². The molecule has 2 fully saturated rings. The highest BCUT2D eigenvalue weighted by Crippen LogP contribution is 2.48. The summed E-state index contributed by atoms with van der Waals surface area (Å²) in [6, 6.07) is 4.51. The van der Waals surface area contributed by atoms with Gasteiger partial charge in [0.05, 0.1) is 6.04 Å². The van der Waals surface area contributed by atoms with Crippen LogP contribution in [0.3, 0.4) is 0 Å². The van der Waals surface area contributed by atoms with Crippen molar-refractivity contribution < 1.29 is 15.4 Å². The second-order valence-corrected chi connectivity index (χ2v) is 11.6. The van der Waals surface area contributed by atoms with Crippen LogP contribution in [0.2, 0.25) is 0 Å². The smallest absolute Gasteiger partial charge is 0.242 e. The SMILES string of the molecule is C[C@@H](C(=O)N[C@@H]1CCC2(CCN(CCC(C)(C)C)CC2)c2cc(F)ccc21)N1CCCC1=O.[HH]. The topological polar surface area (TPSA) is 52.7 Å². The van der Waals surface area contributed by atoms with Crippen LogP contribution in [0.15, 0.2) is 18.2 Å². The molecule has 1 aromatic carbocycles. The summed E-state index contributed by atoms with van der Waals surface area (Å²) in [6.45, 7) is 12.5. The van der Waals surface area contributed by atoms with Gasteiger partial charge in [-0.3, -0.25) is 9.59 Å². The van der Waals surface area contributed by atoms with Gasteiger partial charge < -0.3 is 15.1 Å². The van der Waals surface area contributed by atoms with E-state index in [2.05, 4.69) is 31.0 Å². The van der Waals surface area contributed by atoms with Gasteiger partial charge in [-0.25, -0.2) is 4.39 Å². The summed E-state index contributed by atoms with van der Waals surface area (Å²) in [4.78, 5) is 29.3. The van der Waals surface area contributed by atoms with Crippen molar-refractivity contribution in [3.8, 4) is 0 Å². The Bertz CT molecular complexity index is 892. The Balaban J connectivity index is 0.00000324. The number of amides is 2. The van der Waals surface area contributed by atoms with Crippen molar-refractivity contribution in [3.05, 3.63) is 35.1 Å². The number of likely N-dealkylation sites (tertiary alicyclic amines) is 2. The molecule has 1 aromatic rings. The molecule has 0 aromatic heterocycles. The van der Waals surface area contributed by atoms with Gasteiger partial charge in [0.1, 0.15) is 11.9 Å². The number of halogens is 1. The molecule has 2 saturated heterocycles. The highest BCUT2D eigenvalue weighted by molar-refractivity contribution is 5.88. The van der Waals surface area contributed by atoms with Gasteiger partial charge in [-0.15, -0.1) is 0 Å². The summed E-state index contributed by atoms with van der Waals surface area (Å²) in [6.07, 6.45) is 6.40. The third-order valence-electron chi connectivity index (χ3n) is 8.14. The maximum Gasteiger partial charge on any atom is 0.242 e. The van der Waals surface area contributed by atoms with Crippen LogP contribution in [0.25, 0.3) is 0 Å². The van der Waals surface area contributed by atoms with Crippen LogP contribution in [0, 0.1) is 11.2 Å². The van der Waals surface area contributed by atoms with Crippen LogP contribution in [0.4, 0.5) is 4.39 Å². The van der Waals surface area contributed by atoms with E-state index < -0.39 is 6.04 Å². The molecule has 184 valence electrons. The number of hydrogen-bond donors (Lipinski definition) is 1. The molecular weight excluding hydrogens is 417 g/mol. The molecule has 0 saturated carbocycles. The number of hydrogen-bond acceptors (Lipinski definition) is 3. The molecule has 0 unspecified atom stereocenters. The molecule has 2 atom stereocenters. The number of piperidine rings is 1. The van der Waals surface area contributed by atoms with Gasteiger partial charge in [0.25, 0.3) is 0 Å². The number of nitrogens with zero attached hydrogens (tertiary/aromatic N) is 2. The first kappa shape index (κ1) is 24.2. The maximum atomic E-state index is 14.4. The van der Waals surface area contributed by atoms with Crippen molar-refractivity contribution >= 4 is 11.8 Å². The molecule has 2 amide bonds. The Hall–Kier alpha value is -1.95. The summed E-state index contributed by atoms with van der Waals surface area (Å²) < 4.78 is 14.4. The lowest BCUT2D eigenvalue weighted by atomic mass is 9.63. The molecule has 1 N–H and O–H groups in total. The number of carbonyl (C=O) groups excluding carboxylic acids is 2. The summed E-state index contributed by atoms with van der Waals surface area (Å²) in [5.74, 6) is -0.259. The Morgan fingerprint density at radius 3 is 2.61 bits per heavy atom. The van der Waals surface area contributed by atoms with E-state index in [9.17, 15) is 14.0 Å². The maximum absolute atomic E-state index is 14.4. The minimum absolute atomic E-state index is 0. The van der Waals surface area contributed by atoms with Crippen LogP contribution in [-0.4, -0.2) is 53.8 Å². The molecule has 2 heterocycles. The Labute approximate surface area is 199 Å². The number of carbonyl (C=O) groups is 2. The molecule has 33 heavy (non-hydrogen) atoms. The van der Waals surface area contributed by atoms with Crippen molar-refractivity contribution in [3.63, 3.8) is 0 Å². The summed E-state index contributed by atoms with van der Waals surface area (Å²) in [5.41, 5.74) is 2.46. The van der Waals surface area contributed by atoms with E-state index in [0.29, 0.717) is 18.4 Å². The van der Waals surface area contributed by atoms with E-state index >= 15 is 0 Å². The van der Waals surface area contributed by atoms with E-state index in [0.717, 1.165) is 62.9 Å². The van der Waals surface area contributed by atoms with Crippen molar-refractivity contribution in [1.29, 1.82) is 0 Å². The molecule has 1 spiro atoms. The summed E-state index contributed by atoms with van der Waals surface area (Å²) >= 11 is 0. The first-order valence-corrected chi connectivity index (χ1v) is 12.7. The minimum Gasteiger partial charge on any atom is -0.348 e. The van der Waals surface area contributed by atoms with Gasteiger partial charge in [0, 0.05) is 14.4 Å². The number of fused-ring (bicyclic) bond motifs is 2. The van der Waals surface area contributed by atoms with Crippen molar-refractivity contribution in [2.24, 2.45) is 5.41 Å². The predicted molar refractivity (Wildman–Crippen MR) is 130 cm³/mol. The number of benzene rings is 1. The minimum atomic E-state index is -0.467. The zero-order chi connectivity index (χ0) is 23.8.